The molecule has 0 unspecified atom stereocenters. The van der Waals surface area contributed by atoms with Crippen molar-refractivity contribution >= 4 is 44.7 Å². The largest absolute Gasteiger partial charge is 0.488 e. The topological polar surface area (TPSA) is 128 Å². The molecule has 3 amide bonds. The van der Waals surface area contributed by atoms with Gasteiger partial charge in [-0.05, 0) is 48.7 Å². The minimum atomic E-state index is -3.72. The number of fused-ring (bicyclic) bond motifs is 1. The van der Waals surface area contributed by atoms with Gasteiger partial charge in [-0.1, -0.05) is 31.2 Å². The number of thiophene rings is 1. The first-order valence-electron chi connectivity index (χ1n) is 12.9. The summed E-state index contributed by atoms with van der Waals surface area (Å²) in [5.74, 6) is -0.0386. The second kappa shape index (κ2) is 12.8. The van der Waals surface area contributed by atoms with Gasteiger partial charge in [-0.25, -0.2) is 13.2 Å². The van der Waals surface area contributed by atoms with Crippen LogP contribution in [-0.4, -0.2) is 73.6 Å². The molecule has 0 spiro atoms. The Morgan fingerprint density at radius 3 is 2.55 bits per heavy atom. The first-order valence-corrected chi connectivity index (χ1v) is 15.2. The Balaban J connectivity index is 1.61. The lowest BCUT2D eigenvalue weighted by atomic mass is 10.0. The molecular formula is C28H34N4O6S2. The van der Waals surface area contributed by atoms with Gasteiger partial charge in [0.2, 0.25) is 5.91 Å². The molecule has 214 valence electrons. The number of carbonyl (C=O) groups is 2. The number of nitrogens with zero attached hydrogens (tertiary/aromatic N) is 2. The number of hydrogen-bond acceptors (Lipinski definition) is 7. The van der Waals surface area contributed by atoms with E-state index in [1.54, 1.807) is 59.7 Å². The van der Waals surface area contributed by atoms with Crippen LogP contribution in [0.25, 0.3) is 0 Å². The minimum Gasteiger partial charge on any atom is -0.488 e. The van der Waals surface area contributed by atoms with Crippen molar-refractivity contribution in [1.82, 2.24) is 9.21 Å². The molecule has 0 saturated carbocycles. The number of para-hydroxylation sites is 1. The summed E-state index contributed by atoms with van der Waals surface area (Å²) in [7, 11) is -2.21. The standard InChI is InChI=1S/C28H34N4O6S2/c1-19-16-32(20(2)18-33)26(34)15-21-14-23(30-28(35)29-22-8-5-4-6-9-22)11-12-24(21)38-25(19)17-31(3)40(36,37)27-10-7-13-39-27/h4-14,19-20,25,33H,15-18H2,1-3H3,(H2,29,30,35)/t19-,20-,25+/m0/s1. The number of ether oxygens (including phenoxy) is 1. The molecule has 2 heterocycles. The molecule has 2 aromatic carbocycles. The van der Waals surface area contributed by atoms with Crippen molar-refractivity contribution in [2.45, 2.75) is 36.6 Å². The average Bonchev–Trinajstić information content (AvgIpc) is 3.49. The van der Waals surface area contributed by atoms with Crippen molar-refractivity contribution in [3.8, 4) is 5.75 Å². The zero-order valence-electron chi connectivity index (χ0n) is 22.6. The Kier molecular flexibility index (Phi) is 9.46. The van der Waals surface area contributed by atoms with Gasteiger partial charge in [-0.3, -0.25) is 4.79 Å². The van der Waals surface area contributed by atoms with Crippen molar-refractivity contribution in [2.75, 3.05) is 37.4 Å². The highest BCUT2D eigenvalue weighted by Gasteiger charge is 2.33. The molecule has 0 fully saturated rings. The molecule has 0 bridgehead atoms. The lowest BCUT2D eigenvalue weighted by Gasteiger charge is -2.33. The van der Waals surface area contributed by atoms with Crippen molar-refractivity contribution in [2.24, 2.45) is 5.92 Å². The van der Waals surface area contributed by atoms with E-state index < -0.39 is 28.2 Å². The van der Waals surface area contributed by atoms with Gasteiger partial charge in [0.25, 0.3) is 10.0 Å². The second-order valence-electron chi connectivity index (χ2n) is 9.87. The van der Waals surface area contributed by atoms with E-state index in [4.69, 9.17) is 4.74 Å². The van der Waals surface area contributed by atoms with Crippen LogP contribution in [0.1, 0.15) is 19.4 Å². The minimum absolute atomic E-state index is 0.0156. The van der Waals surface area contributed by atoms with Crippen LogP contribution in [0.5, 0.6) is 5.75 Å². The molecule has 4 rings (SSSR count). The molecule has 0 radical (unpaired) electrons. The number of benzene rings is 2. The fraction of sp³-hybridized carbons (Fsp3) is 0.357. The quantitative estimate of drug-likeness (QED) is 0.368. The molecule has 1 aliphatic rings. The summed E-state index contributed by atoms with van der Waals surface area (Å²) in [4.78, 5) is 27.6. The molecule has 1 aromatic heterocycles. The average molecular weight is 587 g/mol. The van der Waals surface area contributed by atoms with Crippen LogP contribution >= 0.6 is 11.3 Å². The van der Waals surface area contributed by atoms with E-state index in [1.165, 1.54) is 11.4 Å². The van der Waals surface area contributed by atoms with E-state index in [0.29, 0.717) is 22.7 Å². The summed E-state index contributed by atoms with van der Waals surface area (Å²) < 4.78 is 34.2. The number of hydrogen-bond donors (Lipinski definition) is 3. The van der Waals surface area contributed by atoms with E-state index in [0.717, 1.165) is 11.3 Å². The number of rotatable bonds is 8. The van der Waals surface area contributed by atoms with Gasteiger partial charge in [0.05, 0.1) is 25.6 Å². The first kappa shape index (κ1) is 29.5. The predicted molar refractivity (Wildman–Crippen MR) is 155 cm³/mol. The van der Waals surface area contributed by atoms with Gasteiger partial charge in [-0.15, -0.1) is 11.3 Å². The molecule has 10 nitrogen and oxygen atoms in total. The van der Waals surface area contributed by atoms with E-state index in [-0.39, 0.29) is 42.2 Å². The summed E-state index contributed by atoms with van der Waals surface area (Å²) in [6.07, 6.45) is -0.615. The summed E-state index contributed by atoms with van der Waals surface area (Å²) >= 11 is 1.14. The fourth-order valence-electron chi connectivity index (χ4n) is 4.46. The van der Waals surface area contributed by atoms with Crippen LogP contribution in [0.15, 0.2) is 70.3 Å². The first-order chi connectivity index (χ1) is 19.1. The summed E-state index contributed by atoms with van der Waals surface area (Å²) in [5.41, 5.74) is 1.64. The van der Waals surface area contributed by atoms with Crippen LogP contribution in [-0.2, 0) is 21.2 Å². The summed E-state index contributed by atoms with van der Waals surface area (Å²) in [5, 5.41) is 17.1. The third-order valence-corrected chi connectivity index (χ3v) is 10.00. The zero-order valence-corrected chi connectivity index (χ0v) is 24.2. The predicted octanol–water partition coefficient (Wildman–Crippen LogP) is 3.86. The highest BCUT2D eigenvalue weighted by Crippen LogP contribution is 2.30. The highest BCUT2D eigenvalue weighted by molar-refractivity contribution is 7.91. The summed E-state index contributed by atoms with van der Waals surface area (Å²) in [6.45, 7) is 3.77. The number of carbonyl (C=O) groups excluding carboxylic acids is 2. The lowest BCUT2D eigenvalue weighted by Crippen LogP contribution is -2.48. The second-order valence-corrected chi connectivity index (χ2v) is 13.1. The monoisotopic (exact) mass is 586 g/mol. The van der Waals surface area contributed by atoms with Gasteiger partial charge in [-0.2, -0.15) is 4.31 Å². The zero-order chi connectivity index (χ0) is 28.9. The van der Waals surface area contributed by atoms with Crippen LogP contribution in [0, 0.1) is 5.92 Å². The number of amides is 3. The highest BCUT2D eigenvalue weighted by atomic mass is 32.2. The van der Waals surface area contributed by atoms with Gasteiger partial charge in [0.15, 0.2) is 0 Å². The molecule has 40 heavy (non-hydrogen) atoms. The van der Waals surface area contributed by atoms with Crippen molar-refractivity contribution < 1.29 is 27.9 Å². The number of anilines is 2. The van der Waals surface area contributed by atoms with E-state index >= 15 is 0 Å². The van der Waals surface area contributed by atoms with Gasteiger partial charge < -0.3 is 25.4 Å². The van der Waals surface area contributed by atoms with Crippen molar-refractivity contribution in [1.29, 1.82) is 0 Å². The van der Waals surface area contributed by atoms with Crippen molar-refractivity contribution in [3.05, 3.63) is 71.6 Å². The number of nitrogens with one attached hydrogen (secondary N) is 2. The molecule has 3 aromatic rings. The Hall–Kier alpha value is -3.45. The maximum Gasteiger partial charge on any atom is 0.323 e. The Labute approximate surface area is 238 Å². The Morgan fingerprint density at radius 2 is 1.88 bits per heavy atom. The van der Waals surface area contributed by atoms with Crippen LogP contribution in [0.3, 0.4) is 0 Å². The number of urea groups is 1. The maximum atomic E-state index is 13.4. The summed E-state index contributed by atoms with van der Waals surface area (Å²) in [6, 6.07) is 16.4. The Bertz CT molecular complexity index is 1420. The van der Waals surface area contributed by atoms with Crippen LogP contribution < -0.4 is 15.4 Å². The third kappa shape index (κ3) is 7.00. The molecule has 3 atom stereocenters. The Morgan fingerprint density at radius 1 is 1.15 bits per heavy atom. The lowest BCUT2D eigenvalue weighted by molar-refractivity contribution is -0.134. The number of aliphatic hydroxyl groups is 1. The SMILES string of the molecule is C[C@H]1CN([C@@H](C)CO)C(=O)Cc2cc(NC(=O)Nc3ccccc3)ccc2O[C@@H]1CN(C)S(=O)(=O)c1cccs1. The van der Waals surface area contributed by atoms with E-state index in [2.05, 4.69) is 10.6 Å². The number of sulfonamides is 1. The van der Waals surface area contributed by atoms with E-state index in [9.17, 15) is 23.1 Å². The molecule has 0 saturated heterocycles. The van der Waals surface area contributed by atoms with Crippen molar-refractivity contribution in [3.63, 3.8) is 0 Å². The van der Waals surface area contributed by atoms with Gasteiger partial charge >= 0.3 is 6.03 Å². The number of aliphatic hydroxyl groups excluding tert-OH is 1. The smallest absolute Gasteiger partial charge is 0.323 e. The molecule has 0 aliphatic carbocycles. The van der Waals surface area contributed by atoms with E-state index in [1.807, 2.05) is 25.1 Å². The van der Waals surface area contributed by atoms with Gasteiger partial charge in [0.1, 0.15) is 16.1 Å². The maximum absolute atomic E-state index is 13.4. The fourth-order valence-corrected chi connectivity index (χ4v) is 6.84. The van der Waals surface area contributed by atoms with Gasteiger partial charge in [0, 0.05) is 36.4 Å². The van der Waals surface area contributed by atoms with Crippen LogP contribution in [0.2, 0.25) is 0 Å². The molecular weight excluding hydrogens is 552 g/mol. The number of likely N-dealkylation sites (N-methyl/N-ethyl adjacent to an activating group) is 1. The van der Waals surface area contributed by atoms with Crippen LogP contribution in [0.4, 0.5) is 16.2 Å². The molecule has 12 heteroatoms. The molecule has 1 aliphatic heterocycles. The normalized spacial score (nSPS) is 18.6. The molecule has 3 N–H and O–H groups in total. The third-order valence-electron chi connectivity index (χ3n) is 6.80.